The van der Waals surface area contributed by atoms with E-state index in [2.05, 4.69) is 9.88 Å². The Kier molecular flexibility index (Phi) is 8.25. The highest BCUT2D eigenvalue weighted by atomic mass is 16.5. The summed E-state index contributed by atoms with van der Waals surface area (Å²) in [6.07, 6.45) is 5.26. The molecule has 1 aromatic heterocycles. The van der Waals surface area contributed by atoms with Gasteiger partial charge in [-0.2, -0.15) is 0 Å². The van der Waals surface area contributed by atoms with Crippen LogP contribution in [0.2, 0.25) is 0 Å². The topological polar surface area (TPSA) is 76.5 Å². The van der Waals surface area contributed by atoms with Gasteiger partial charge in [-0.05, 0) is 51.7 Å². The second-order valence-corrected chi connectivity index (χ2v) is 7.77. The molecule has 1 atom stereocenters. The minimum absolute atomic E-state index is 0.0178. The van der Waals surface area contributed by atoms with Crippen LogP contribution in [0.3, 0.4) is 0 Å². The predicted octanol–water partition coefficient (Wildman–Crippen LogP) is 2.91. The van der Waals surface area contributed by atoms with Crippen molar-refractivity contribution in [1.82, 2.24) is 19.8 Å². The van der Waals surface area contributed by atoms with E-state index in [9.17, 15) is 9.59 Å². The number of fused-ring (bicyclic) bond motifs is 1. The lowest BCUT2D eigenvalue weighted by molar-refractivity contribution is -0.131. The Balaban J connectivity index is 1.52. The summed E-state index contributed by atoms with van der Waals surface area (Å²) in [7, 11) is 0. The van der Waals surface area contributed by atoms with Gasteiger partial charge < -0.3 is 19.5 Å². The van der Waals surface area contributed by atoms with Gasteiger partial charge in [0.2, 0.25) is 11.8 Å². The first-order valence-electron chi connectivity index (χ1n) is 11.2. The van der Waals surface area contributed by atoms with Crippen LogP contribution < -0.4 is 5.32 Å². The molecule has 164 valence electrons. The van der Waals surface area contributed by atoms with Crippen LogP contribution >= 0.6 is 0 Å². The molecule has 0 aliphatic carbocycles. The molecule has 2 aromatic rings. The molecule has 7 heteroatoms. The zero-order valence-corrected chi connectivity index (χ0v) is 18.2. The zero-order valence-electron chi connectivity index (χ0n) is 18.2. The lowest BCUT2D eigenvalue weighted by atomic mass is 10.1. The number of carbonyl (C=O) groups is 2. The Morgan fingerprint density at radius 3 is 2.73 bits per heavy atom. The number of imidazole rings is 1. The molecule has 2 amide bonds. The van der Waals surface area contributed by atoms with Gasteiger partial charge in [0.25, 0.3) is 0 Å². The standard InChI is InChI=1S/C23H34N4O3/c1-3-26(4-2)22(28)17-27-19-12-8-7-11-18(19)25-21(27)14-6-5-9-15-24-23(29)20-13-10-16-30-20/h7-8,11-12,20H,3-6,9-10,13-17H2,1-2H3,(H,24,29). The van der Waals surface area contributed by atoms with Crippen molar-refractivity contribution in [2.24, 2.45) is 0 Å². The van der Waals surface area contributed by atoms with E-state index in [0.717, 1.165) is 68.5 Å². The Morgan fingerprint density at radius 1 is 1.20 bits per heavy atom. The van der Waals surface area contributed by atoms with E-state index in [0.29, 0.717) is 19.7 Å². The highest BCUT2D eigenvalue weighted by Crippen LogP contribution is 2.18. The number of likely N-dealkylation sites (N-methyl/N-ethyl adjacent to an activating group) is 1. The van der Waals surface area contributed by atoms with Crippen LogP contribution in [0, 0.1) is 0 Å². The summed E-state index contributed by atoms with van der Waals surface area (Å²) in [5.74, 6) is 1.10. The summed E-state index contributed by atoms with van der Waals surface area (Å²) in [5.41, 5.74) is 1.94. The van der Waals surface area contributed by atoms with E-state index >= 15 is 0 Å². The van der Waals surface area contributed by atoms with Gasteiger partial charge in [-0.1, -0.05) is 18.6 Å². The van der Waals surface area contributed by atoms with Gasteiger partial charge >= 0.3 is 0 Å². The van der Waals surface area contributed by atoms with Crippen LogP contribution in [0.15, 0.2) is 24.3 Å². The second-order valence-electron chi connectivity index (χ2n) is 7.77. The molecule has 1 fully saturated rings. The number of amides is 2. The van der Waals surface area contributed by atoms with E-state index in [4.69, 9.17) is 9.72 Å². The number of hydrogen-bond donors (Lipinski definition) is 1. The Bertz CT molecular complexity index is 838. The number of rotatable bonds is 11. The SMILES string of the molecule is CCN(CC)C(=O)Cn1c(CCCCCNC(=O)C2CCCO2)nc2ccccc21. The van der Waals surface area contributed by atoms with Crippen LogP contribution in [-0.4, -0.2) is 58.6 Å². The summed E-state index contributed by atoms with van der Waals surface area (Å²) in [4.78, 5) is 31.3. The molecule has 30 heavy (non-hydrogen) atoms. The number of ether oxygens (including phenoxy) is 1. The maximum Gasteiger partial charge on any atom is 0.249 e. The highest BCUT2D eigenvalue weighted by molar-refractivity contribution is 5.81. The molecule has 0 spiro atoms. The van der Waals surface area contributed by atoms with Crippen molar-refractivity contribution < 1.29 is 14.3 Å². The monoisotopic (exact) mass is 414 g/mol. The number of hydrogen-bond acceptors (Lipinski definition) is 4. The Hall–Kier alpha value is -2.41. The Morgan fingerprint density at radius 2 is 2.00 bits per heavy atom. The molecular weight excluding hydrogens is 380 g/mol. The molecule has 1 aromatic carbocycles. The molecule has 1 aliphatic heterocycles. The molecule has 0 radical (unpaired) electrons. The van der Waals surface area contributed by atoms with E-state index in [1.54, 1.807) is 0 Å². The maximum atomic E-state index is 12.7. The average molecular weight is 415 g/mol. The molecule has 2 heterocycles. The van der Waals surface area contributed by atoms with Crippen LogP contribution in [0.25, 0.3) is 11.0 Å². The fraction of sp³-hybridized carbons (Fsp3) is 0.609. The largest absolute Gasteiger partial charge is 0.368 e. The van der Waals surface area contributed by atoms with Crippen LogP contribution in [0.5, 0.6) is 0 Å². The number of aryl methyl sites for hydroxylation is 1. The Labute approximate surface area is 178 Å². The minimum Gasteiger partial charge on any atom is -0.368 e. The number of carbonyl (C=O) groups excluding carboxylic acids is 2. The second kappa shape index (κ2) is 11.1. The molecule has 0 saturated carbocycles. The van der Waals surface area contributed by atoms with Crippen molar-refractivity contribution in [1.29, 1.82) is 0 Å². The lowest BCUT2D eigenvalue weighted by Crippen LogP contribution is -2.34. The highest BCUT2D eigenvalue weighted by Gasteiger charge is 2.22. The molecule has 3 rings (SSSR count). The number of benzene rings is 1. The van der Waals surface area contributed by atoms with Gasteiger partial charge in [-0.25, -0.2) is 4.98 Å². The molecule has 1 N–H and O–H groups in total. The smallest absolute Gasteiger partial charge is 0.249 e. The van der Waals surface area contributed by atoms with E-state index < -0.39 is 0 Å². The van der Waals surface area contributed by atoms with Gasteiger partial charge in [0.15, 0.2) is 0 Å². The van der Waals surface area contributed by atoms with Gasteiger partial charge in [0.1, 0.15) is 18.5 Å². The summed E-state index contributed by atoms with van der Waals surface area (Å²) >= 11 is 0. The maximum absolute atomic E-state index is 12.7. The fourth-order valence-corrected chi connectivity index (χ4v) is 4.00. The first-order valence-corrected chi connectivity index (χ1v) is 11.2. The van der Waals surface area contributed by atoms with E-state index in [1.807, 2.05) is 43.0 Å². The van der Waals surface area contributed by atoms with Gasteiger partial charge in [-0.15, -0.1) is 0 Å². The normalized spacial score (nSPS) is 16.1. The minimum atomic E-state index is -0.256. The summed E-state index contributed by atoms with van der Waals surface area (Å²) in [6.45, 7) is 7.14. The quantitative estimate of drug-likeness (QED) is 0.574. The molecule has 7 nitrogen and oxygen atoms in total. The van der Waals surface area contributed by atoms with Crippen molar-refractivity contribution >= 4 is 22.8 Å². The van der Waals surface area contributed by atoms with Crippen LogP contribution in [0.4, 0.5) is 0 Å². The third kappa shape index (κ3) is 5.59. The third-order valence-electron chi connectivity index (χ3n) is 5.74. The molecular formula is C23H34N4O3. The first-order chi connectivity index (χ1) is 14.6. The number of nitrogens with one attached hydrogen (secondary N) is 1. The van der Waals surface area contributed by atoms with Gasteiger partial charge in [0, 0.05) is 32.7 Å². The summed E-state index contributed by atoms with van der Waals surface area (Å²) in [5, 5.41) is 2.97. The fourth-order valence-electron chi connectivity index (χ4n) is 4.00. The number of aromatic nitrogens is 2. The van der Waals surface area contributed by atoms with Crippen molar-refractivity contribution in [2.75, 3.05) is 26.2 Å². The lowest BCUT2D eigenvalue weighted by Gasteiger charge is -2.20. The van der Waals surface area contributed by atoms with Gasteiger partial charge in [-0.3, -0.25) is 9.59 Å². The molecule has 0 bridgehead atoms. The van der Waals surface area contributed by atoms with Crippen molar-refractivity contribution in [3.05, 3.63) is 30.1 Å². The molecule has 1 unspecified atom stereocenters. The predicted molar refractivity (Wildman–Crippen MR) is 117 cm³/mol. The first kappa shape index (κ1) is 22.3. The van der Waals surface area contributed by atoms with E-state index in [-0.39, 0.29) is 17.9 Å². The third-order valence-corrected chi connectivity index (χ3v) is 5.74. The number of nitrogens with zero attached hydrogens (tertiary/aromatic N) is 3. The van der Waals surface area contributed by atoms with Crippen molar-refractivity contribution in [3.63, 3.8) is 0 Å². The molecule has 1 aliphatic rings. The average Bonchev–Trinajstić information content (AvgIpc) is 3.40. The van der Waals surface area contributed by atoms with Crippen LogP contribution in [-0.2, 0) is 27.3 Å². The van der Waals surface area contributed by atoms with Crippen molar-refractivity contribution in [2.45, 2.75) is 65.0 Å². The number of unbranched alkanes of at least 4 members (excludes halogenated alkanes) is 2. The summed E-state index contributed by atoms with van der Waals surface area (Å²) in [6, 6.07) is 8.00. The number of para-hydroxylation sites is 2. The molecule has 1 saturated heterocycles. The van der Waals surface area contributed by atoms with Gasteiger partial charge in [0.05, 0.1) is 11.0 Å². The zero-order chi connectivity index (χ0) is 21.3. The van der Waals surface area contributed by atoms with Crippen molar-refractivity contribution in [3.8, 4) is 0 Å². The summed E-state index contributed by atoms with van der Waals surface area (Å²) < 4.78 is 7.47. The van der Waals surface area contributed by atoms with E-state index in [1.165, 1.54) is 0 Å². The van der Waals surface area contributed by atoms with Crippen LogP contribution in [0.1, 0.15) is 51.8 Å².